The lowest BCUT2D eigenvalue weighted by atomic mass is 10.2. The fourth-order valence-electron chi connectivity index (χ4n) is 3.82. The highest BCUT2D eigenvalue weighted by Gasteiger charge is 2.18. The minimum Gasteiger partial charge on any atom is -0.497 e. The number of aryl methyl sites for hydroxylation is 1. The van der Waals surface area contributed by atoms with E-state index >= 15 is 0 Å². The van der Waals surface area contributed by atoms with Gasteiger partial charge in [0.2, 0.25) is 0 Å². The predicted octanol–water partition coefficient (Wildman–Crippen LogP) is 4.22. The Balaban J connectivity index is 1.69. The normalized spacial score (nSPS) is 11.4. The molecule has 0 spiro atoms. The van der Waals surface area contributed by atoms with Crippen LogP contribution in [0.5, 0.6) is 5.75 Å². The molecular formula is C23H20N4O2S. The van der Waals surface area contributed by atoms with Crippen LogP contribution in [0.3, 0.4) is 0 Å². The van der Waals surface area contributed by atoms with E-state index < -0.39 is 0 Å². The van der Waals surface area contributed by atoms with Crippen molar-refractivity contribution in [1.82, 2.24) is 19.3 Å². The molecule has 0 aliphatic heterocycles. The second-order valence-corrected chi connectivity index (χ2v) is 8.50. The van der Waals surface area contributed by atoms with E-state index in [-0.39, 0.29) is 5.56 Å². The topological polar surface area (TPSA) is 61.9 Å². The molecule has 4 heterocycles. The van der Waals surface area contributed by atoms with Gasteiger partial charge in [-0.25, -0.2) is 4.68 Å². The maximum absolute atomic E-state index is 13.5. The van der Waals surface area contributed by atoms with Crippen LogP contribution >= 0.6 is 11.3 Å². The van der Waals surface area contributed by atoms with Crippen molar-refractivity contribution < 1.29 is 4.74 Å². The number of nitrogens with zero attached hydrogens (tertiary/aromatic N) is 4. The van der Waals surface area contributed by atoms with E-state index in [0.29, 0.717) is 18.6 Å². The van der Waals surface area contributed by atoms with E-state index in [2.05, 4.69) is 33.7 Å². The van der Waals surface area contributed by atoms with Crippen LogP contribution in [0.1, 0.15) is 16.0 Å². The first kappa shape index (κ1) is 18.6. The number of methoxy groups -OCH3 is 1. The van der Waals surface area contributed by atoms with Crippen LogP contribution < -0.4 is 10.3 Å². The van der Waals surface area contributed by atoms with Gasteiger partial charge in [0.25, 0.3) is 5.56 Å². The van der Waals surface area contributed by atoms with Crippen molar-refractivity contribution >= 4 is 32.5 Å². The Hall–Kier alpha value is -3.45. The Bertz CT molecular complexity index is 1420. The SMILES string of the molecule is COc1cccc(Cn2c3cc(C)sc3c3cnn(Cc4cccnc4)c(=O)c32)c1. The summed E-state index contributed by atoms with van der Waals surface area (Å²) in [6, 6.07) is 13.9. The minimum atomic E-state index is -0.0969. The second kappa shape index (κ2) is 7.42. The average molecular weight is 417 g/mol. The molecule has 150 valence electrons. The Morgan fingerprint density at radius 1 is 1.07 bits per heavy atom. The summed E-state index contributed by atoms with van der Waals surface area (Å²) in [7, 11) is 1.66. The molecule has 5 rings (SSSR count). The third-order valence-corrected chi connectivity index (χ3v) is 6.26. The van der Waals surface area contributed by atoms with Crippen LogP contribution in [0, 0.1) is 6.92 Å². The van der Waals surface area contributed by atoms with E-state index in [4.69, 9.17) is 4.74 Å². The number of aromatic nitrogens is 4. The Morgan fingerprint density at radius 2 is 1.93 bits per heavy atom. The zero-order valence-corrected chi connectivity index (χ0v) is 17.5. The van der Waals surface area contributed by atoms with E-state index in [0.717, 1.165) is 32.5 Å². The molecule has 0 aliphatic rings. The van der Waals surface area contributed by atoms with Gasteiger partial charge >= 0.3 is 0 Å². The summed E-state index contributed by atoms with van der Waals surface area (Å²) >= 11 is 1.70. The smallest absolute Gasteiger partial charge is 0.291 e. The fraction of sp³-hybridized carbons (Fsp3) is 0.174. The highest BCUT2D eigenvalue weighted by Crippen LogP contribution is 2.34. The molecule has 0 bridgehead atoms. The molecule has 0 saturated carbocycles. The first-order valence-corrected chi connectivity index (χ1v) is 10.5. The van der Waals surface area contributed by atoms with E-state index in [1.807, 2.05) is 36.5 Å². The van der Waals surface area contributed by atoms with Crippen molar-refractivity contribution in [2.45, 2.75) is 20.0 Å². The quantitative estimate of drug-likeness (QED) is 0.430. The van der Waals surface area contributed by atoms with Crippen molar-refractivity contribution in [3.05, 3.63) is 87.4 Å². The van der Waals surface area contributed by atoms with Crippen molar-refractivity contribution in [1.29, 1.82) is 0 Å². The lowest BCUT2D eigenvalue weighted by Crippen LogP contribution is -2.25. The van der Waals surface area contributed by atoms with Crippen LogP contribution in [-0.2, 0) is 13.1 Å². The predicted molar refractivity (Wildman–Crippen MR) is 120 cm³/mol. The number of ether oxygens (including phenoxy) is 1. The van der Waals surface area contributed by atoms with Crippen LogP contribution in [0.4, 0.5) is 0 Å². The summed E-state index contributed by atoms with van der Waals surface area (Å²) < 4.78 is 10.1. The summed E-state index contributed by atoms with van der Waals surface area (Å²) in [5, 5.41) is 5.36. The molecule has 6 nitrogen and oxygen atoms in total. The molecule has 30 heavy (non-hydrogen) atoms. The first-order chi connectivity index (χ1) is 14.6. The van der Waals surface area contributed by atoms with Crippen molar-refractivity contribution in [2.24, 2.45) is 0 Å². The summed E-state index contributed by atoms with van der Waals surface area (Å²) in [6.07, 6.45) is 5.29. The molecule has 4 aromatic heterocycles. The van der Waals surface area contributed by atoms with Gasteiger partial charge in [-0.2, -0.15) is 5.10 Å². The van der Waals surface area contributed by atoms with Crippen LogP contribution in [0.2, 0.25) is 0 Å². The lowest BCUT2D eigenvalue weighted by Gasteiger charge is -2.10. The molecular weight excluding hydrogens is 396 g/mol. The molecule has 0 unspecified atom stereocenters. The first-order valence-electron chi connectivity index (χ1n) is 9.64. The summed E-state index contributed by atoms with van der Waals surface area (Å²) in [6.45, 7) is 3.06. The monoisotopic (exact) mass is 416 g/mol. The number of benzene rings is 1. The Labute approximate surface area is 177 Å². The minimum absolute atomic E-state index is 0.0969. The third-order valence-electron chi connectivity index (χ3n) is 5.19. The number of pyridine rings is 1. The van der Waals surface area contributed by atoms with Gasteiger partial charge in [-0.05, 0) is 42.3 Å². The molecule has 0 atom stereocenters. The zero-order chi connectivity index (χ0) is 20.7. The molecule has 1 aromatic carbocycles. The van der Waals surface area contributed by atoms with Gasteiger partial charge in [-0.3, -0.25) is 9.78 Å². The molecule has 0 radical (unpaired) electrons. The van der Waals surface area contributed by atoms with Gasteiger partial charge < -0.3 is 9.30 Å². The van der Waals surface area contributed by atoms with Gasteiger partial charge in [0.1, 0.15) is 11.3 Å². The van der Waals surface area contributed by atoms with Gasteiger partial charge in [0.15, 0.2) is 0 Å². The molecule has 0 saturated heterocycles. The highest BCUT2D eigenvalue weighted by molar-refractivity contribution is 7.20. The molecule has 0 fully saturated rings. The molecule has 5 aromatic rings. The van der Waals surface area contributed by atoms with E-state index in [9.17, 15) is 4.79 Å². The van der Waals surface area contributed by atoms with E-state index in [1.54, 1.807) is 30.8 Å². The standard InChI is InChI=1S/C23H20N4O2S/c1-15-9-20-22(30-15)19-12-25-27(14-17-6-4-8-24-11-17)23(28)21(19)26(20)13-16-5-3-7-18(10-16)29-2/h3-12H,13-14H2,1-2H3. The summed E-state index contributed by atoms with van der Waals surface area (Å²) in [5.74, 6) is 0.803. The largest absolute Gasteiger partial charge is 0.497 e. The Morgan fingerprint density at radius 3 is 2.73 bits per heavy atom. The molecule has 0 N–H and O–H groups in total. The third kappa shape index (κ3) is 3.17. The number of fused-ring (bicyclic) bond motifs is 3. The fourth-order valence-corrected chi connectivity index (χ4v) is 4.84. The highest BCUT2D eigenvalue weighted by atomic mass is 32.1. The average Bonchev–Trinajstić information content (AvgIpc) is 3.27. The van der Waals surface area contributed by atoms with Crippen molar-refractivity contribution in [3.8, 4) is 5.75 Å². The maximum Gasteiger partial charge on any atom is 0.291 e. The molecule has 0 amide bonds. The van der Waals surface area contributed by atoms with E-state index in [1.165, 1.54) is 9.56 Å². The maximum atomic E-state index is 13.5. The Kier molecular flexibility index (Phi) is 4.59. The second-order valence-electron chi connectivity index (χ2n) is 7.24. The number of hydrogen-bond acceptors (Lipinski definition) is 5. The van der Waals surface area contributed by atoms with Gasteiger partial charge in [0.05, 0.1) is 30.1 Å². The van der Waals surface area contributed by atoms with Gasteiger partial charge in [0, 0.05) is 29.2 Å². The number of thiophene rings is 1. The number of rotatable bonds is 5. The zero-order valence-electron chi connectivity index (χ0n) is 16.7. The van der Waals surface area contributed by atoms with Crippen molar-refractivity contribution in [2.75, 3.05) is 7.11 Å². The van der Waals surface area contributed by atoms with Crippen LogP contribution in [0.25, 0.3) is 21.1 Å². The summed E-state index contributed by atoms with van der Waals surface area (Å²) in [5.41, 5.74) is 3.66. The van der Waals surface area contributed by atoms with Crippen LogP contribution in [-0.4, -0.2) is 26.4 Å². The molecule has 0 aliphatic carbocycles. The lowest BCUT2D eigenvalue weighted by molar-refractivity contribution is 0.414. The van der Waals surface area contributed by atoms with Crippen molar-refractivity contribution in [3.63, 3.8) is 0 Å². The van der Waals surface area contributed by atoms with Crippen LogP contribution in [0.15, 0.2) is 65.8 Å². The molecule has 7 heteroatoms. The summed E-state index contributed by atoms with van der Waals surface area (Å²) in [4.78, 5) is 18.8. The van der Waals surface area contributed by atoms with Gasteiger partial charge in [-0.1, -0.05) is 18.2 Å². The van der Waals surface area contributed by atoms with Gasteiger partial charge in [-0.15, -0.1) is 11.3 Å². The number of hydrogen-bond donors (Lipinski definition) is 0.